The van der Waals surface area contributed by atoms with Gasteiger partial charge in [0.15, 0.2) is 5.75 Å². The van der Waals surface area contributed by atoms with E-state index >= 15 is 0 Å². The molecule has 0 bridgehead atoms. The summed E-state index contributed by atoms with van der Waals surface area (Å²) < 4.78 is 11.5. The molecule has 5 nitrogen and oxygen atoms in total. The third-order valence-corrected chi connectivity index (χ3v) is 4.16. The molecule has 1 aromatic carbocycles. The number of pyridine rings is 2. The van der Waals surface area contributed by atoms with E-state index in [0.717, 1.165) is 48.9 Å². The lowest BCUT2D eigenvalue weighted by atomic mass is 10.1. The molecule has 0 atom stereocenters. The van der Waals surface area contributed by atoms with Crippen LogP contribution in [0.25, 0.3) is 11.1 Å². The van der Waals surface area contributed by atoms with Crippen LogP contribution in [0.5, 0.6) is 11.6 Å². The van der Waals surface area contributed by atoms with Crippen LogP contribution >= 0.6 is 0 Å². The first-order chi connectivity index (χ1) is 12.4. The van der Waals surface area contributed by atoms with Gasteiger partial charge in [-0.05, 0) is 24.3 Å². The Morgan fingerprint density at radius 3 is 2.48 bits per heavy atom. The quantitative estimate of drug-likeness (QED) is 0.727. The Balaban J connectivity index is 1.54. The second-order valence-corrected chi connectivity index (χ2v) is 5.80. The highest BCUT2D eigenvalue weighted by atomic mass is 16.5. The Morgan fingerprint density at radius 1 is 0.880 bits per heavy atom. The van der Waals surface area contributed by atoms with Crippen LogP contribution in [-0.4, -0.2) is 36.3 Å². The van der Waals surface area contributed by atoms with E-state index in [2.05, 4.69) is 20.9 Å². The average molecular weight is 333 g/mol. The standard InChI is InChI=1S/C20H19N3O2/c1-2-6-19(18(5-1)23-10-12-24-13-11-23)25-20-8-7-17(15-22-20)16-4-3-9-21-14-16/h1-9,14-15H,10-13H2. The highest BCUT2D eigenvalue weighted by Crippen LogP contribution is 2.32. The number of rotatable bonds is 4. The van der Waals surface area contributed by atoms with Gasteiger partial charge in [-0.2, -0.15) is 0 Å². The molecule has 0 unspecified atom stereocenters. The van der Waals surface area contributed by atoms with E-state index < -0.39 is 0 Å². The molecule has 4 rings (SSSR count). The normalized spacial score (nSPS) is 14.3. The zero-order valence-corrected chi connectivity index (χ0v) is 13.8. The van der Waals surface area contributed by atoms with E-state index in [0.29, 0.717) is 5.88 Å². The Hall–Kier alpha value is -2.92. The molecule has 2 aromatic heterocycles. The number of para-hydroxylation sites is 2. The molecule has 5 heteroatoms. The fourth-order valence-electron chi connectivity index (χ4n) is 2.87. The lowest BCUT2D eigenvalue weighted by Gasteiger charge is -2.30. The van der Waals surface area contributed by atoms with Gasteiger partial charge < -0.3 is 14.4 Å². The van der Waals surface area contributed by atoms with Gasteiger partial charge in [0.05, 0.1) is 18.9 Å². The second-order valence-electron chi connectivity index (χ2n) is 5.80. The van der Waals surface area contributed by atoms with Crippen molar-refractivity contribution in [2.75, 3.05) is 31.2 Å². The first-order valence-electron chi connectivity index (χ1n) is 8.36. The molecule has 126 valence electrons. The minimum Gasteiger partial charge on any atom is -0.437 e. The smallest absolute Gasteiger partial charge is 0.219 e. The summed E-state index contributed by atoms with van der Waals surface area (Å²) in [5.74, 6) is 1.39. The lowest BCUT2D eigenvalue weighted by molar-refractivity contribution is 0.122. The number of hydrogen-bond donors (Lipinski definition) is 0. The number of hydrogen-bond acceptors (Lipinski definition) is 5. The summed E-state index contributed by atoms with van der Waals surface area (Å²) in [5, 5.41) is 0. The summed E-state index contributed by atoms with van der Waals surface area (Å²) >= 11 is 0. The van der Waals surface area contributed by atoms with Gasteiger partial charge >= 0.3 is 0 Å². The van der Waals surface area contributed by atoms with Gasteiger partial charge in [-0.3, -0.25) is 4.98 Å². The number of nitrogens with zero attached hydrogens (tertiary/aromatic N) is 3. The summed E-state index contributed by atoms with van der Waals surface area (Å²) in [7, 11) is 0. The molecule has 0 radical (unpaired) electrons. The molecule has 1 saturated heterocycles. The number of aromatic nitrogens is 2. The molecule has 0 saturated carbocycles. The van der Waals surface area contributed by atoms with Crippen molar-refractivity contribution in [2.45, 2.75) is 0 Å². The third-order valence-electron chi connectivity index (χ3n) is 4.16. The van der Waals surface area contributed by atoms with Crippen molar-refractivity contribution in [3.8, 4) is 22.8 Å². The van der Waals surface area contributed by atoms with Crippen LogP contribution in [-0.2, 0) is 4.74 Å². The predicted octanol–water partition coefficient (Wildman–Crippen LogP) is 3.77. The van der Waals surface area contributed by atoms with Crippen LogP contribution in [0.2, 0.25) is 0 Å². The maximum atomic E-state index is 6.04. The first-order valence-corrected chi connectivity index (χ1v) is 8.36. The molecule has 1 aliphatic heterocycles. The van der Waals surface area contributed by atoms with Crippen LogP contribution in [0.4, 0.5) is 5.69 Å². The molecule has 0 N–H and O–H groups in total. The molecular weight excluding hydrogens is 314 g/mol. The van der Waals surface area contributed by atoms with Crippen molar-refractivity contribution in [3.05, 3.63) is 67.1 Å². The fourth-order valence-corrected chi connectivity index (χ4v) is 2.87. The topological polar surface area (TPSA) is 47.5 Å². The Bertz CT molecular complexity index is 816. The molecule has 0 spiro atoms. The van der Waals surface area contributed by atoms with Gasteiger partial charge in [0.2, 0.25) is 5.88 Å². The van der Waals surface area contributed by atoms with Crippen molar-refractivity contribution in [1.29, 1.82) is 0 Å². The molecular formula is C20H19N3O2. The zero-order valence-electron chi connectivity index (χ0n) is 13.8. The molecule has 3 heterocycles. The monoisotopic (exact) mass is 333 g/mol. The summed E-state index contributed by atoms with van der Waals surface area (Å²) in [4.78, 5) is 10.9. The zero-order chi connectivity index (χ0) is 16.9. The van der Waals surface area contributed by atoms with E-state index in [1.165, 1.54) is 0 Å². The molecule has 3 aromatic rings. The first kappa shape index (κ1) is 15.6. The van der Waals surface area contributed by atoms with E-state index in [1.54, 1.807) is 6.20 Å². The predicted molar refractivity (Wildman–Crippen MR) is 97.0 cm³/mol. The van der Waals surface area contributed by atoms with Crippen molar-refractivity contribution in [3.63, 3.8) is 0 Å². The molecule has 0 amide bonds. The van der Waals surface area contributed by atoms with Gasteiger partial charge in [0.1, 0.15) is 0 Å². The van der Waals surface area contributed by atoms with Crippen molar-refractivity contribution < 1.29 is 9.47 Å². The Labute approximate surface area is 146 Å². The van der Waals surface area contributed by atoms with Crippen molar-refractivity contribution in [2.24, 2.45) is 0 Å². The van der Waals surface area contributed by atoms with Crippen LogP contribution in [0.1, 0.15) is 0 Å². The Morgan fingerprint density at radius 2 is 1.72 bits per heavy atom. The van der Waals surface area contributed by atoms with E-state index in [1.807, 2.05) is 54.9 Å². The third kappa shape index (κ3) is 3.61. The van der Waals surface area contributed by atoms with Crippen LogP contribution in [0.15, 0.2) is 67.1 Å². The SMILES string of the molecule is c1cncc(-c2ccc(Oc3ccccc3N3CCOCC3)nc2)c1. The second kappa shape index (κ2) is 7.32. The van der Waals surface area contributed by atoms with E-state index in [9.17, 15) is 0 Å². The maximum absolute atomic E-state index is 6.04. The summed E-state index contributed by atoms with van der Waals surface area (Å²) in [6.07, 6.45) is 5.39. The van der Waals surface area contributed by atoms with Crippen LogP contribution in [0.3, 0.4) is 0 Å². The summed E-state index contributed by atoms with van der Waals surface area (Å²) in [5.41, 5.74) is 3.13. The van der Waals surface area contributed by atoms with Gasteiger partial charge in [-0.1, -0.05) is 18.2 Å². The molecule has 0 aliphatic carbocycles. The number of anilines is 1. The number of benzene rings is 1. The summed E-state index contributed by atoms with van der Waals surface area (Å²) in [6, 6.07) is 15.9. The fraction of sp³-hybridized carbons (Fsp3) is 0.200. The largest absolute Gasteiger partial charge is 0.437 e. The van der Waals surface area contributed by atoms with Crippen LogP contribution < -0.4 is 9.64 Å². The van der Waals surface area contributed by atoms with Gasteiger partial charge in [-0.25, -0.2) is 4.98 Å². The number of ether oxygens (including phenoxy) is 2. The lowest BCUT2D eigenvalue weighted by Crippen LogP contribution is -2.36. The van der Waals surface area contributed by atoms with Gasteiger partial charge in [0.25, 0.3) is 0 Å². The minimum absolute atomic E-state index is 0.577. The molecule has 25 heavy (non-hydrogen) atoms. The minimum atomic E-state index is 0.577. The highest BCUT2D eigenvalue weighted by Gasteiger charge is 2.15. The van der Waals surface area contributed by atoms with E-state index in [4.69, 9.17) is 9.47 Å². The van der Waals surface area contributed by atoms with Crippen molar-refractivity contribution in [1.82, 2.24) is 9.97 Å². The average Bonchev–Trinajstić information content (AvgIpc) is 2.70. The van der Waals surface area contributed by atoms with Gasteiger partial charge in [-0.15, -0.1) is 0 Å². The van der Waals surface area contributed by atoms with E-state index in [-0.39, 0.29) is 0 Å². The summed E-state index contributed by atoms with van der Waals surface area (Å²) in [6.45, 7) is 3.22. The Kier molecular flexibility index (Phi) is 4.57. The number of morpholine rings is 1. The maximum Gasteiger partial charge on any atom is 0.219 e. The molecule has 1 aliphatic rings. The van der Waals surface area contributed by atoms with Crippen LogP contribution in [0, 0.1) is 0 Å². The van der Waals surface area contributed by atoms with Gasteiger partial charge in [0, 0.05) is 48.9 Å². The molecule has 1 fully saturated rings. The highest BCUT2D eigenvalue weighted by molar-refractivity contribution is 5.62. The van der Waals surface area contributed by atoms with Crippen molar-refractivity contribution >= 4 is 5.69 Å².